The van der Waals surface area contributed by atoms with Gasteiger partial charge in [-0.15, -0.1) is 10.2 Å². The monoisotopic (exact) mass is 255 g/mol. The van der Waals surface area contributed by atoms with Gasteiger partial charge < -0.3 is 20.4 Å². The summed E-state index contributed by atoms with van der Waals surface area (Å²) in [5.74, 6) is 0.522. The van der Waals surface area contributed by atoms with Gasteiger partial charge in [-0.05, 0) is 19.8 Å². The number of nitrogens with two attached hydrogens (primary N) is 1. The van der Waals surface area contributed by atoms with Gasteiger partial charge in [-0.3, -0.25) is 4.79 Å². The molecule has 1 heterocycles. The van der Waals surface area contributed by atoms with Crippen molar-refractivity contribution in [3.63, 3.8) is 0 Å². The van der Waals surface area contributed by atoms with Gasteiger partial charge in [0.15, 0.2) is 5.82 Å². The van der Waals surface area contributed by atoms with Crippen LogP contribution in [0.4, 0.5) is 0 Å². The molecular weight excluding hydrogens is 234 g/mol. The average molecular weight is 255 g/mol. The Morgan fingerprint density at radius 1 is 1.67 bits per heavy atom. The van der Waals surface area contributed by atoms with Crippen LogP contribution >= 0.6 is 0 Å². The number of nitrogens with one attached hydrogen (secondary N) is 1. The standard InChI is InChI=1S/C11H21N5O2/c1-8(10-15-13-7-16(10)2)14-11(17)9(12)5-4-6-18-3/h7-9H,4-6,12H2,1-3H3,(H,14,17). The van der Waals surface area contributed by atoms with Crippen LogP contribution in [0.15, 0.2) is 6.33 Å². The summed E-state index contributed by atoms with van der Waals surface area (Å²) in [5.41, 5.74) is 5.79. The predicted molar refractivity (Wildman–Crippen MR) is 66.6 cm³/mol. The Labute approximate surface area is 107 Å². The molecule has 0 spiro atoms. The minimum absolute atomic E-state index is 0.179. The molecular formula is C11H21N5O2. The van der Waals surface area contributed by atoms with Crippen LogP contribution in [0.3, 0.4) is 0 Å². The fraction of sp³-hybridized carbons (Fsp3) is 0.727. The van der Waals surface area contributed by atoms with E-state index in [0.717, 1.165) is 6.42 Å². The molecule has 1 aromatic heterocycles. The smallest absolute Gasteiger partial charge is 0.237 e. The quantitative estimate of drug-likeness (QED) is 0.655. The minimum Gasteiger partial charge on any atom is -0.385 e. The Kier molecular flexibility index (Phi) is 5.73. The zero-order valence-electron chi connectivity index (χ0n) is 11.1. The highest BCUT2D eigenvalue weighted by Crippen LogP contribution is 2.07. The molecule has 2 unspecified atom stereocenters. The second-order valence-corrected chi connectivity index (χ2v) is 4.27. The molecule has 0 fully saturated rings. The van der Waals surface area contributed by atoms with E-state index >= 15 is 0 Å². The molecule has 1 amide bonds. The van der Waals surface area contributed by atoms with E-state index < -0.39 is 6.04 Å². The van der Waals surface area contributed by atoms with E-state index in [9.17, 15) is 4.79 Å². The first-order chi connectivity index (χ1) is 8.56. The maximum absolute atomic E-state index is 11.8. The lowest BCUT2D eigenvalue weighted by molar-refractivity contribution is -0.123. The lowest BCUT2D eigenvalue weighted by atomic mass is 10.1. The summed E-state index contributed by atoms with van der Waals surface area (Å²) in [6, 6.07) is -0.727. The fourth-order valence-corrected chi connectivity index (χ4v) is 1.65. The summed E-state index contributed by atoms with van der Waals surface area (Å²) < 4.78 is 6.68. The van der Waals surface area contributed by atoms with Gasteiger partial charge >= 0.3 is 0 Å². The second-order valence-electron chi connectivity index (χ2n) is 4.27. The first-order valence-electron chi connectivity index (χ1n) is 5.95. The first-order valence-corrected chi connectivity index (χ1v) is 5.95. The molecule has 1 rings (SSSR count). The fourth-order valence-electron chi connectivity index (χ4n) is 1.65. The van der Waals surface area contributed by atoms with Gasteiger partial charge in [-0.25, -0.2) is 0 Å². The van der Waals surface area contributed by atoms with Crippen molar-refractivity contribution < 1.29 is 9.53 Å². The number of ether oxygens (including phenoxy) is 1. The van der Waals surface area contributed by atoms with Crippen LogP contribution in [-0.4, -0.2) is 40.4 Å². The molecule has 3 N–H and O–H groups in total. The molecule has 0 bridgehead atoms. The zero-order chi connectivity index (χ0) is 13.5. The third kappa shape index (κ3) is 4.08. The zero-order valence-corrected chi connectivity index (χ0v) is 11.1. The number of rotatable bonds is 7. The molecule has 0 aliphatic heterocycles. The van der Waals surface area contributed by atoms with Crippen molar-refractivity contribution in [2.75, 3.05) is 13.7 Å². The number of hydrogen-bond acceptors (Lipinski definition) is 5. The summed E-state index contributed by atoms with van der Waals surface area (Å²) in [4.78, 5) is 11.8. The normalized spacial score (nSPS) is 14.2. The van der Waals surface area contributed by atoms with E-state index in [1.807, 2.05) is 14.0 Å². The molecule has 7 heteroatoms. The molecule has 0 saturated carbocycles. The molecule has 7 nitrogen and oxygen atoms in total. The van der Waals surface area contributed by atoms with Gasteiger partial charge in [-0.1, -0.05) is 0 Å². The Balaban J connectivity index is 2.42. The molecule has 1 aromatic rings. The van der Waals surface area contributed by atoms with Crippen molar-refractivity contribution >= 4 is 5.91 Å². The summed E-state index contributed by atoms with van der Waals surface area (Å²) in [5, 5.41) is 10.5. The lowest BCUT2D eigenvalue weighted by Gasteiger charge is -2.16. The van der Waals surface area contributed by atoms with Crippen LogP contribution in [0.25, 0.3) is 0 Å². The van der Waals surface area contributed by atoms with Gasteiger partial charge in [0, 0.05) is 20.8 Å². The van der Waals surface area contributed by atoms with Crippen molar-refractivity contribution in [3.8, 4) is 0 Å². The molecule has 0 aromatic carbocycles. The number of hydrogen-bond donors (Lipinski definition) is 2. The number of nitrogens with zero attached hydrogens (tertiary/aromatic N) is 3. The molecule has 0 aliphatic rings. The highest BCUT2D eigenvalue weighted by molar-refractivity contribution is 5.81. The van der Waals surface area contributed by atoms with Crippen LogP contribution in [0.5, 0.6) is 0 Å². The summed E-state index contributed by atoms with van der Waals surface area (Å²) >= 11 is 0. The van der Waals surface area contributed by atoms with Crippen molar-refractivity contribution in [3.05, 3.63) is 12.2 Å². The van der Waals surface area contributed by atoms with Crippen molar-refractivity contribution in [1.82, 2.24) is 20.1 Å². The third-order valence-corrected chi connectivity index (χ3v) is 2.69. The maximum atomic E-state index is 11.8. The van der Waals surface area contributed by atoms with Crippen LogP contribution in [0.2, 0.25) is 0 Å². The SMILES string of the molecule is COCCCC(N)C(=O)NC(C)c1nncn1C. The van der Waals surface area contributed by atoms with Crippen LogP contribution < -0.4 is 11.1 Å². The maximum Gasteiger partial charge on any atom is 0.237 e. The number of aromatic nitrogens is 3. The van der Waals surface area contributed by atoms with Crippen molar-refractivity contribution in [1.29, 1.82) is 0 Å². The van der Waals surface area contributed by atoms with Crippen molar-refractivity contribution in [2.24, 2.45) is 12.8 Å². The molecule has 18 heavy (non-hydrogen) atoms. The molecule has 102 valence electrons. The van der Waals surface area contributed by atoms with Crippen LogP contribution in [0, 0.1) is 0 Å². The minimum atomic E-state index is -0.518. The highest BCUT2D eigenvalue weighted by atomic mass is 16.5. The van der Waals surface area contributed by atoms with Crippen LogP contribution in [0.1, 0.15) is 31.6 Å². The average Bonchev–Trinajstić information content (AvgIpc) is 2.75. The van der Waals surface area contributed by atoms with E-state index in [1.54, 1.807) is 18.0 Å². The van der Waals surface area contributed by atoms with Gasteiger partial charge in [0.25, 0.3) is 0 Å². The molecule has 0 radical (unpaired) electrons. The largest absolute Gasteiger partial charge is 0.385 e. The molecule has 0 aliphatic carbocycles. The van der Waals surface area contributed by atoms with Crippen molar-refractivity contribution in [2.45, 2.75) is 31.8 Å². The number of methoxy groups -OCH3 is 1. The van der Waals surface area contributed by atoms with E-state index in [4.69, 9.17) is 10.5 Å². The van der Waals surface area contributed by atoms with E-state index in [-0.39, 0.29) is 11.9 Å². The topological polar surface area (TPSA) is 95.1 Å². The Hall–Kier alpha value is -1.47. The van der Waals surface area contributed by atoms with Crippen LogP contribution in [-0.2, 0) is 16.6 Å². The molecule has 2 atom stereocenters. The Bertz CT molecular complexity index is 379. The first kappa shape index (κ1) is 14.6. The lowest BCUT2D eigenvalue weighted by Crippen LogP contribution is -2.42. The summed E-state index contributed by atoms with van der Waals surface area (Å²) in [6.45, 7) is 2.46. The highest BCUT2D eigenvalue weighted by Gasteiger charge is 2.18. The van der Waals surface area contributed by atoms with Gasteiger partial charge in [0.05, 0.1) is 12.1 Å². The third-order valence-electron chi connectivity index (χ3n) is 2.69. The number of carbonyl (C=O) groups excluding carboxylic acids is 1. The molecule has 0 saturated heterocycles. The Morgan fingerprint density at radius 2 is 2.39 bits per heavy atom. The predicted octanol–water partition coefficient (Wildman–Crippen LogP) is -0.254. The number of amides is 1. The Morgan fingerprint density at radius 3 is 2.94 bits per heavy atom. The number of carbonyl (C=O) groups is 1. The summed E-state index contributed by atoms with van der Waals surface area (Å²) in [7, 11) is 3.46. The number of aryl methyl sites for hydroxylation is 1. The van der Waals surface area contributed by atoms with Gasteiger partial charge in [-0.2, -0.15) is 0 Å². The van der Waals surface area contributed by atoms with Gasteiger partial charge in [0.2, 0.25) is 5.91 Å². The second kappa shape index (κ2) is 7.07. The summed E-state index contributed by atoms with van der Waals surface area (Å²) in [6.07, 6.45) is 2.96. The van der Waals surface area contributed by atoms with E-state index in [0.29, 0.717) is 18.9 Å². The van der Waals surface area contributed by atoms with Gasteiger partial charge in [0.1, 0.15) is 6.33 Å². The van der Waals surface area contributed by atoms with E-state index in [2.05, 4.69) is 15.5 Å². The van der Waals surface area contributed by atoms with E-state index in [1.165, 1.54) is 0 Å².